The number of benzene rings is 3. The molecule has 2 heterocycles. The summed E-state index contributed by atoms with van der Waals surface area (Å²) < 4.78 is 1.70. The Morgan fingerprint density at radius 1 is 0.946 bits per heavy atom. The van der Waals surface area contributed by atoms with Crippen molar-refractivity contribution in [2.24, 2.45) is 0 Å². The Labute approximate surface area is 221 Å². The minimum atomic E-state index is -0.0911. The Bertz CT molecular complexity index is 1430. The van der Waals surface area contributed by atoms with Crippen molar-refractivity contribution in [1.29, 1.82) is 0 Å². The molecule has 4 aromatic rings. The van der Waals surface area contributed by atoms with E-state index >= 15 is 0 Å². The molecule has 5 rings (SSSR count). The van der Waals surface area contributed by atoms with E-state index in [0.717, 1.165) is 29.9 Å². The van der Waals surface area contributed by atoms with Crippen LogP contribution in [0.15, 0.2) is 82.7 Å². The lowest BCUT2D eigenvalue weighted by Crippen LogP contribution is -2.30. The third-order valence-corrected chi connectivity index (χ3v) is 7.73. The summed E-state index contributed by atoms with van der Waals surface area (Å²) in [4.78, 5) is 33.6. The molecule has 1 saturated heterocycles. The third kappa shape index (κ3) is 6.23. The first-order valence-corrected chi connectivity index (χ1v) is 13.8. The fraction of sp³-hybridized carbons (Fsp3) is 0.300. The first kappa shape index (κ1) is 25.1. The molecule has 190 valence electrons. The van der Waals surface area contributed by atoms with Crippen LogP contribution in [-0.4, -0.2) is 34.3 Å². The number of hydrogen-bond donors (Lipinski definition) is 1. The van der Waals surface area contributed by atoms with E-state index in [1.807, 2.05) is 73.7 Å². The van der Waals surface area contributed by atoms with E-state index in [1.54, 1.807) is 4.57 Å². The summed E-state index contributed by atoms with van der Waals surface area (Å²) in [5.74, 6) is 0.0939. The lowest BCUT2D eigenvalue weighted by atomic mass is 10.1. The molecule has 0 bridgehead atoms. The summed E-state index contributed by atoms with van der Waals surface area (Å²) >= 11 is 1.30. The molecule has 1 aliphatic rings. The molecule has 7 heteroatoms. The first-order valence-electron chi connectivity index (χ1n) is 12.9. The van der Waals surface area contributed by atoms with Gasteiger partial charge in [-0.3, -0.25) is 14.2 Å². The van der Waals surface area contributed by atoms with Gasteiger partial charge in [-0.1, -0.05) is 71.9 Å². The quantitative estimate of drug-likeness (QED) is 0.261. The maximum atomic E-state index is 13.8. The number of rotatable bonds is 8. The van der Waals surface area contributed by atoms with Crippen LogP contribution in [0.25, 0.3) is 10.9 Å². The Morgan fingerprint density at radius 3 is 2.46 bits per heavy atom. The number of carbonyl (C=O) groups excluding carboxylic acids is 1. The average molecular weight is 513 g/mol. The van der Waals surface area contributed by atoms with Crippen LogP contribution in [-0.2, 0) is 17.9 Å². The summed E-state index contributed by atoms with van der Waals surface area (Å²) in [6.45, 7) is 4.95. The highest BCUT2D eigenvalue weighted by molar-refractivity contribution is 7.99. The van der Waals surface area contributed by atoms with Crippen molar-refractivity contribution in [2.45, 2.75) is 44.4 Å². The number of fused-ring (bicyclic) bond motifs is 1. The molecule has 1 amide bonds. The minimum Gasteiger partial charge on any atom is -0.372 e. The van der Waals surface area contributed by atoms with Gasteiger partial charge in [-0.2, -0.15) is 0 Å². The molecule has 0 atom stereocenters. The predicted octanol–water partition coefficient (Wildman–Crippen LogP) is 5.15. The van der Waals surface area contributed by atoms with Gasteiger partial charge >= 0.3 is 0 Å². The summed E-state index contributed by atoms with van der Waals surface area (Å²) in [6.07, 6.45) is 3.61. The molecule has 1 aromatic heterocycles. The van der Waals surface area contributed by atoms with Crippen LogP contribution in [0.4, 0.5) is 5.69 Å². The van der Waals surface area contributed by atoms with Crippen LogP contribution >= 0.6 is 11.8 Å². The second-order valence-electron chi connectivity index (χ2n) is 9.57. The lowest BCUT2D eigenvalue weighted by molar-refractivity contribution is -0.118. The molecule has 0 radical (unpaired) electrons. The van der Waals surface area contributed by atoms with Crippen molar-refractivity contribution in [3.63, 3.8) is 0 Å². The molecule has 37 heavy (non-hydrogen) atoms. The number of nitrogens with zero attached hydrogens (tertiary/aromatic N) is 3. The van der Waals surface area contributed by atoms with E-state index in [4.69, 9.17) is 4.98 Å². The fourth-order valence-electron chi connectivity index (χ4n) is 4.64. The highest BCUT2D eigenvalue weighted by Crippen LogP contribution is 2.25. The Balaban J connectivity index is 1.39. The predicted molar refractivity (Wildman–Crippen MR) is 151 cm³/mol. The highest BCUT2D eigenvalue weighted by atomic mass is 32.2. The summed E-state index contributed by atoms with van der Waals surface area (Å²) in [5, 5.41) is 4.14. The van der Waals surface area contributed by atoms with Gasteiger partial charge < -0.3 is 10.2 Å². The van der Waals surface area contributed by atoms with Gasteiger partial charge in [0.25, 0.3) is 5.56 Å². The molecular weight excluding hydrogens is 480 g/mol. The Morgan fingerprint density at radius 2 is 1.70 bits per heavy atom. The minimum absolute atomic E-state index is 0.0738. The molecule has 0 aliphatic carbocycles. The van der Waals surface area contributed by atoms with Gasteiger partial charge in [-0.05, 0) is 55.5 Å². The number of piperidine rings is 1. The van der Waals surface area contributed by atoms with Gasteiger partial charge in [0.05, 0.1) is 23.2 Å². The van der Waals surface area contributed by atoms with Crippen molar-refractivity contribution in [3.8, 4) is 0 Å². The van der Waals surface area contributed by atoms with E-state index in [1.165, 1.54) is 36.6 Å². The van der Waals surface area contributed by atoms with Gasteiger partial charge in [0.15, 0.2) is 5.16 Å². The van der Waals surface area contributed by atoms with E-state index < -0.39 is 0 Å². The molecule has 1 fully saturated rings. The second kappa shape index (κ2) is 11.6. The van der Waals surface area contributed by atoms with Gasteiger partial charge in [-0.25, -0.2) is 4.98 Å². The van der Waals surface area contributed by atoms with Crippen molar-refractivity contribution < 1.29 is 4.79 Å². The SMILES string of the molecule is Cc1ccc(CNC(=O)CSc2nc3ccc(N4CCCCC4)cc3c(=O)n2Cc2ccccc2)cc1. The zero-order chi connectivity index (χ0) is 25.6. The number of thioether (sulfide) groups is 1. The lowest BCUT2D eigenvalue weighted by Gasteiger charge is -2.29. The number of carbonyl (C=O) groups is 1. The second-order valence-corrected chi connectivity index (χ2v) is 10.5. The first-order chi connectivity index (χ1) is 18.1. The van der Waals surface area contributed by atoms with Crippen molar-refractivity contribution in [3.05, 3.63) is 99.8 Å². The Kier molecular flexibility index (Phi) is 7.90. The summed E-state index contributed by atoms with van der Waals surface area (Å²) in [7, 11) is 0. The molecule has 1 N–H and O–H groups in total. The van der Waals surface area contributed by atoms with Gasteiger partial charge in [0.1, 0.15) is 0 Å². The highest BCUT2D eigenvalue weighted by Gasteiger charge is 2.17. The zero-order valence-corrected chi connectivity index (χ0v) is 22.0. The van der Waals surface area contributed by atoms with Crippen molar-refractivity contribution >= 4 is 34.3 Å². The number of hydrogen-bond acceptors (Lipinski definition) is 5. The Hall–Kier alpha value is -3.58. The van der Waals surface area contributed by atoms with Crippen LogP contribution < -0.4 is 15.8 Å². The van der Waals surface area contributed by atoms with Crippen LogP contribution in [0.5, 0.6) is 0 Å². The van der Waals surface area contributed by atoms with Gasteiger partial charge in [-0.15, -0.1) is 0 Å². The fourth-order valence-corrected chi connectivity index (χ4v) is 5.47. The van der Waals surface area contributed by atoms with Gasteiger partial charge in [0, 0.05) is 25.3 Å². The molecule has 0 saturated carbocycles. The molecule has 3 aromatic carbocycles. The number of amides is 1. The molecule has 6 nitrogen and oxygen atoms in total. The van der Waals surface area contributed by atoms with E-state index in [0.29, 0.717) is 29.1 Å². The van der Waals surface area contributed by atoms with E-state index in [9.17, 15) is 9.59 Å². The largest absolute Gasteiger partial charge is 0.372 e. The standard InChI is InChI=1S/C30H32N4O2S/c1-22-10-12-23(13-11-22)19-31-28(35)21-37-30-32-27-15-14-25(33-16-6-3-7-17-33)18-26(27)29(36)34(30)20-24-8-4-2-5-9-24/h2,4-5,8-15,18H,3,6-7,16-17,19-21H2,1H3,(H,31,35). The van der Waals surface area contributed by atoms with Crippen LogP contribution in [0.3, 0.4) is 0 Å². The zero-order valence-electron chi connectivity index (χ0n) is 21.2. The molecule has 1 aliphatic heterocycles. The third-order valence-electron chi connectivity index (χ3n) is 6.75. The van der Waals surface area contributed by atoms with Crippen molar-refractivity contribution in [1.82, 2.24) is 14.9 Å². The van der Waals surface area contributed by atoms with Crippen LogP contribution in [0.2, 0.25) is 0 Å². The van der Waals surface area contributed by atoms with Gasteiger partial charge in [0.2, 0.25) is 5.91 Å². The molecular formula is C30H32N4O2S. The van der Waals surface area contributed by atoms with E-state index in [-0.39, 0.29) is 17.2 Å². The normalized spacial score (nSPS) is 13.6. The average Bonchev–Trinajstić information content (AvgIpc) is 2.94. The smallest absolute Gasteiger partial charge is 0.262 e. The summed E-state index contributed by atoms with van der Waals surface area (Å²) in [6, 6.07) is 24.0. The number of aromatic nitrogens is 2. The topological polar surface area (TPSA) is 67.2 Å². The van der Waals surface area contributed by atoms with Crippen molar-refractivity contribution in [2.75, 3.05) is 23.7 Å². The molecule has 0 unspecified atom stereocenters. The maximum absolute atomic E-state index is 13.8. The van der Waals surface area contributed by atoms with Crippen LogP contribution in [0.1, 0.15) is 36.0 Å². The van der Waals surface area contributed by atoms with Crippen LogP contribution in [0, 0.1) is 6.92 Å². The monoisotopic (exact) mass is 512 g/mol. The number of anilines is 1. The number of nitrogens with one attached hydrogen (secondary N) is 1. The molecule has 0 spiro atoms. The number of aryl methyl sites for hydroxylation is 1. The van der Waals surface area contributed by atoms with E-state index in [2.05, 4.69) is 16.3 Å². The maximum Gasteiger partial charge on any atom is 0.262 e. The summed E-state index contributed by atoms with van der Waals surface area (Å²) in [5.41, 5.74) is 4.93.